The number of ether oxygens (including phenoxy) is 1. The number of phenols is 1. The number of esters is 1. The average Bonchev–Trinajstić information content (AvgIpc) is 2.87. The summed E-state index contributed by atoms with van der Waals surface area (Å²) in [5, 5.41) is 19.1. The predicted molar refractivity (Wildman–Crippen MR) is 85.8 cm³/mol. The van der Waals surface area contributed by atoms with Crippen molar-refractivity contribution in [2.24, 2.45) is 0 Å². The van der Waals surface area contributed by atoms with Crippen molar-refractivity contribution in [3.05, 3.63) is 65.2 Å². The monoisotopic (exact) mass is 341 g/mol. The molecular weight excluding hydrogens is 326 g/mol. The Kier molecular flexibility index (Phi) is 4.49. The van der Waals surface area contributed by atoms with E-state index in [2.05, 4.69) is 0 Å². The zero-order valence-corrected chi connectivity index (χ0v) is 13.1. The van der Waals surface area contributed by atoms with Crippen molar-refractivity contribution in [1.82, 2.24) is 4.90 Å². The number of imide groups is 1. The molecule has 0 spiro atoms. The van der Waals surface area contributed by atoms with Crippen LogP contribution in [0.5, 0.6) is 5.75 Å². The lowest BCUT2D eigenvalue weighted by molar-refractivity contribution is -0.154. The molecule has 2 aromatic carbocycles. The van der Waals surface area contributed by atoms with E-state index in [4.69, 9.17) is 4.74 Å². The van der Waals surface area contributed by atoms with Crippen LogP contribution in [0, 0.1) is 0 Å². The zero-order chi connectivity index (χ0) is 18.0. The normalized spacial score (nSPS) is 14.4. The summed E-state index contributed by atoms with van der Waals surface area (Å²) in [4.78, 5) is 37.2. The van der Waals surface area contributed by atoms with Gasteiger partial charge in [0.2, 0.25) is 0 Å². The molecule has 7 heteroatoms. The number of phenolic OH excluding ortho intramolecular Hbond substituents is 1. The third-order valence-electron chi connectivity index (χ3n) is 3.87. The number of carbonyl (C=O) groups is 3. The minimum atomic E-state index is -1.51. The Hall–Kier alpha value is -3.19. The van der Waals surface area contributed by atoms with E-state index >= 15 is 0 Å². The molecule has 0 saturated carbocycles. The van der Waals surface area contributed by atoms with Crippen molar-refractivity contribution in [3.63, 3.8) is 0 Å². The molecule has 1 heterocycles. The van der Waals surface area contributed by atoms with Gasteiger partial charge in [0.05, 0.1) is 17.7 Å². The molecule has 0 saturated heterocycles. The zero-order valence-electron chi connectivity index (χ0n) is 13.1. The Morgan fingerprint density at radius 2 is 1.56 bits per heavy atom. The molecule has 2 aromatic rings. The summed E-state index contributed by atoms with van der Waals surface area (Å²) in [6, 6.07) is 11.9. The van der Waals surface area contributed by atoms with E-state index in [0.29, 0.717) is 11.1 Å². The summed E-state index contributed by atoms with van der Waals surface area (Å²) in [5.41, 5.74) is 0.912. The fraction of sp³-hybridized carbons (Fsp3) is 0.167. The van der Waals surface area contributed by atoms with Gasteiger partial charge in [-0.05, 0) is 29.8 Å². The van der Waals surface area contributed by atoms with Crippen molar-refractivity contribution in [2.45, 2.75) is 6.10 Å². The number of aliphatic hydroxyl groups is 1. The first kappa shape index (κ1) is 16.7. The van der Waals surface area contributed by atoms with Gasteiger partial charge in [0, 0.05) is 0 Å². The van der Waals surface area contributed by atoms with Crippen molar-refractivity contribution in [1.29, 1.82) is 0 Å². The van der Waals surface area contributed by atoms with E-state index in [-0.39, 0.29) is 24.5 Å². The maximum absolute atomic E-state index is 12.2. The number of rotatable bonds is 5. The van der Waals surface area contributed by atoms with Crippen molar-refractivity contribution < 1.29 is 29.3 Å². The van der Waals surface area contributed by atoms with Gasteiger partial charge in [-0.15, -0.1) is 0 Å². The molecule has 7 nitrogen and oxygen atoms in total. The number of hydrogen-bond acceptors (Lipinski definition) is 6. The third kappa shape index (κ3) is 3.22. The minimum Gasteiger partial charge on any atom is -0.508 e. The van der Waals surface area contributed by atoms with E-state index in [1.54, 1.807) is 24.3 Å². The molecule has 1 aliphatic rings. The number of aromatic hydroxyl groups is 1. The minimum absolute atomic E-state index is 0.00921. The number of nitrogens with zero attached hydrogens (tertiary/aromatic N) is 1. The molecule has 2 N–H and O–H groups in total. The van der Waals surface area contributed by atoms with E-state index in [9.17, 15) is 24.6 Å². The van der Waals surface area contributed by atoms with Gasteiger partial charge in [-0.25, -0.2) is 4.79 Å². The summed E-state index contributed by atoms with van der Waals surface area (Å²) in [7, 11) is 0. The molecule has 25 heavy (non-hydrogen) atoms. The second-order valence-electron chi connectivity index (χ2n) is 5.47. The SMILES string of the molecule is O=C(OCCN1C(=O)c2ccccc2C1=O)C(O)c1ccc(O)cc1. The number of hydrogen-bond donors (Lipinski definition) is 2. The largest absolute Gasteiger partial charge is 0.508 e. The Morgan fingerprint density at radius 3 is 2.12 bits per heavy atom. The van der Waals surface area contributed by atoms with Crippen molar-refractivity contribution in [2.75, 3.05) is 13.2 Å². The molecule has 0 fully saturated rings. The fourth-order valence-corrected chi connectivity index (χ4v) is 2.55. The molecule has 1 unspecified atom stereocenters. The molecule has 0 bridgehead atoms. The molecule has 0 aromatic heterocycles. The van der Waals surface area contributed by atoms with Gasteiger partial charge in [-0.2, -0.15) is 0 Å². The Bertz CT molecular complexity index is 795. The lowest BCUT2D eigenvalue weighted by Gasteiger charge is -2.15. The van der Waals surface area contributed by atoms with Crippen LogP contribution in [-0.4, -0.2) is 46.0 Å². The first-order valence-corrected chi connectivity index (χ1v) is 7.58. The van der Waals surface area contributed by atoms with Gasteiger partial charge in [0.15, 0.2) is 6.10 Å². The highest BCUT2D eigenvalue weighted by Gasteiger charge is 2.35. The second-order valence-corrected chi connectivity index (χ2v) is 5.47. The molecule has 0 aliphatic carbocycles. The lowest BCUT2D eigenvalue weighted by Crippen LogP contribution is -2.34. The Balaban J connectivity index is 1.56. The van der Waals surface area contributed by atoms with Crippen LogP contribution >= 0.6 is 0 Å². The lowest BCUT2D eigenvalue weighted by atomic mass is 10.1. The van der Waals surface area contributed by atoms with E-state index in [1.165, 1.54) is 24.3 Å². The number of benzene rings is 2. The number of fused-ring (bicyclic) bond motifs is 1. The van der Waals surface area contributed by atoms with Crippen LogP contribution < -0.4 is 0 Å². The fourth-order valence-electron chi connectivity index (χ4n) is 2.55. The highest BCUT2D eigenvalue weighted by atomic mass is 16.5. The van der Waals surface area contributed by atoms with Gasteiger partial charge in [0.25, 0.3) is 11.8 Å². The summed E-state index contributed by atoms with van der Waals surface area (Å²) >= 11 is 0. The molecule has 1 atom stereocenters. The van der Waals surface area contributed by atoms with Gasteiger partial charge in [-0.1, -0.05) is 24.3 Å². The first-order valence-electron chi connectivity index (χ1n) is 7.58. The molecule has 2 amide bonds. The summed E-state index contributed by atoms with van der Waals surface area (Å²) in [5.74, 6) is -1.76. The Morgan fingerprint density at radius 1 is 1.00 bits per heavy atom. The van der Waals surface area contributed by atoms with Crippen LogP contribution in [0.15, 0.2) is 48.5 Å². The maximum atomic E-state index is 12.2. The van der Waals surface area contributed by atoms with Crippen molar-refractivity contribution >= 4 is 17.8 Å². The summed E-state index contributed by atoms with van der Waals surface area (Å²) in [6.45, 7) is -0.320. The number of aliphatic hydroxyl groups excluding tert-OH is 1. The highest BCUT2D eigenvalue weighted by Crippen LogP contribution is 2.22. The molecule has 128 valence electrons. The Labute approximate surface area is 143 Å². The first-order chi connectivity index (χ1) is 12.0. The van der Waals surface area contributed by atoms with Crippen LogP contribution in [0.25, 0.3) is 0 Å². The van der Waals surface area contributed by atoms with Gasteiger partial charge in [-0.3, -0.25) is 14.5 Å². The molecule has 0 radical (unpaired) electrons. The van der Waals surface area contributed by atoms with Crippen LogP contribution in [0.4, 0.5) is 0 Å². The molecule has 1 aliphatic heterocycles. The average molecular weight is 341 g/mol. The van der Waals surface area contributed by atoms with Gasteiger partial charge in [0.1, 0.15) is 12.4 Å². The highest BCUT2D eigenvalue weighted by molar-refractivity contribution is 6.21. The van der Waals surface area contributed by atoms with Crippen molar-refractivity contribution in [3.8, 4) is 5.75 Å². The van der Waals surface area contributed by atoms with Crippen LogP contribution in [0.3, 0.4) is 0 Å². The van der Waals surface area contributed by atoms with Crippen LogP contribution in [-0.2, 0) is 9.53 Å². The van der Waals surface area contributed by atoms with Gasteiger partial charge >= 0.3 is 5.97 Å². The van der Waals surface area contributed by atoms with E-state index in [0.717, 1.165) is 4.90 Å². The number of amides is 2. The smallest absolute Gasteiger partial charge is 0.339 e. The third-order valence-corrected chi connectivity index (χ3v) is 3.87. The topological polar surface area (TPSA) is 104 Å². The molecule has 3 rings (SSSR count). The quantitative estimate of drug-likeness (QED) is 0.627. The summed E-state index contributed by atoms with van der Waals surface area (Å²) in [6.07, 6.45) is -1.51. The number of carbonyl (C=O) groups excluding carboxylic acids is 3. The predicted octanol–water partition coefficient (Wildman–Crippen LogP) is 1.26. The van der Waals surface area contributed by atoms with Crippen LogP contribution in [0.2, 0.25) is 0 Å². The summed E-state index contributed by atoms with van der Waals surface area (Å²) < 4.78 is 4.95. The van der Waals surface area contributed by atoms with E-state index in [1.807, 2.05) is 0 Å². The molecular formula is C18H15NO6. The maximum Gasteiger partial charge on any atom is 0.339 e. The van der Waals surface area contributed by atoms with E-state index < -0.39 is 23.9 Å². The van der Waals surface area contributed by atoms with Gasteiger partial charge < -0.3 is 14.9 Å². The van der Waals surface area contributed by atoms with Crippen LogP contribution in [0.1, 0.15) is 32.4 Å². The second kappa shape index (κ2) is 6.74. The standard InChI is InChI=1S/C18H15NO6/c20-12-7-5-11(6-8-12)15(21)18(24)25-10-9-19-16(22)13-3-1-2-4-14(13)17(19)23/h1-8,15,20-21H,9-10H2.